The molecule has 1 atom stereocenters. The molecule has 4 nitrogen and oxygen atoms in total. The van der Waals surface area contributed by atoms with E-state index in [0.717, 1.165) is 5.56 Å². The van der Waals surface area contributed by atoms with Crippen molar-refractivity contribution in [1.29, 1.82) is 0 Å². The number of rotatable bonds is 5. The summed E-state index contributed by atoms with van der Waals surface area (Å²) in [6.45, 7) is 2.08. The van der Waals surface area contributed by atoms with E-state index in [0.29, 0.717) is 18.5 Å². The molecule has 0 fully saturated rings. The third kappa shape index (κ3) is 3.78. The molecule has 0 aromatic heterocycles. The average Bonchev–Trinajstić information content (AvgIpc) is 2.37. The molecular weight excluding hydrogens is 235 g/mol. The molecule has 5 heteroatoms. The number of hydrogen-bond acceptors (Lipinski definition) is 3. The summed E-state index contributed by atoms with van der Waals surface area (Å²) in [5, 5.41) is 9.31. The van der Waals surface area contributed by atoms with Gasteiger partial charge in [0.15, 0.2) is 0 Å². The average molecular weight is 254 g/mol. The minimum Gasteiger partial charge on any atom is -0.382 e. The van der Waals surface area contributed by atoms with Gasteiger partial charge in [-0.1, -0.05) is 12.1 Å². The fourth-order valence-corrected chi connectivity index (χ4v) is 1.62. The molecule has 0 bridgehead atoms. The zero-order chi connectivity index (χ0) is 13.7. The summed E-state index contributed by atoms with van der Waals surface area (Å²) in [7, 11) is 1.61. The number of aliphatic hydroxyl groups is 1. The molecule has 0 spiro atoms. The molecule has 0 heterocycles. The van der Waals surface area contributed by atoms with Crippen molar-refractivity contribution in [1.82, 2.24) is 4.90 Å². The first-order chi connectivity index (χ1) is 8.45. The maximum Gasteiger partial charge on any atom is 0.252 e. The van der Waals surface area contributed by atoms with Gasteiger partial charge in [0.1, 0.15) is 11.9 Å². The number of halogens is 1. The molecule has 0 saturated carbocycles. The van der Waals surface area contributed by atoms with Crippen molar-refractivity contribution in [3.8, 4) is 0 Å². The summed E-state index contributed by atoms with van der Waals surface area (Å²) in [6, 6.07) is 4.87. The first-order valence-corrected chi connectivity index (χ1v) is 5.84. The molecule has 100 valence electrons. The monoisotopic (exact) mass is 254 g/mol. The molecule has 1 rings (SSSR count). The molecule has 1 aromatic carbocycles. The third-order valence-electron chi connectivity index (χ3n) is 2.84. The van der Waals surface area contributed by atoms with Gasteiger partial charge < -0.3 is 15.7 Å². The molecule has 0 radical (unpaired) electrons. The Morgan fingerprint density at radius 3 is 2.78 bits per heavy atom. The van der Waals surface area contributed by atoms with Crippen LogP contribution in [0.15, 0.2) is 18.2 Å². The second-order valence-electron chi connectivity index (χ2n) is 4.34. The first kappa shape index (κ1) is 14.6. The van der Waals surface area contributed by atoms with Gasteiger partial charge in [-0.15, -0.1) is 0 Å². The number of hydrogen-bond donors (Lipinski definition) is 2. The number of carbonyl (C=O) groups is 1. The van der Waals surface area contributed by atoms with Crippen LogP contribution in [-0.4, -0.2) is 42.2 Å². The van der Waals surface area contributed by atoms with Crippen molar-refractivity contribution >= 4 is 5.91 Å². The van der Waals surface area contributed by atoms with Crippen LogP contribution in [0.2, 0.25) is 0 Å². The maximum absolute atomic E-state index is 13.1. The van der Waals surface area contributed by atoms with Crippen LogP contribution in [0, 0.1) is 12.7 Å². The Morgan fingerprint density at radius 1 is 1.56 bits per heavy atom. The predicted octanol–water partition coefficient (Wildman–Crippen LogP) is 0.455. The fourth-order valence-electron chi connectivity index (χ4n) is 1.62. The minimum absolute atomic E-state index is 0.0845. The SMILES string of the molecule is Cc1cc(CCN(C)C(=O)C(O)CN)ccc1F. The van der Waals surface area contributed by atoms with Gasteiger partial charge in [0.05, 0.1) is 0 Å². The van der Waals surface area contributed by atoms with E-state index >= 15 is 0 Å². The van der Waals surface area contributed by atoms with Crippen LogP contribution in [0.4, 0.5) is 4.39 Å². The number of benzene rings is 1. The largest absolute Gasteiger partial charge is 0.382 e. The number of nitrogens with zero attached hydrogens (tertiary/aromatic N) is 1. The second-order valence-corrected chi connectivity index (χ2v) is 4.34. The van der Waals surface area contributed by atoms with Crippen molar-refractivity contribution in [3.05, 3.63) is 35.1 Å². The Balaban J connectivity index is 2.54. The number of aryl methyl sites for hydroxylation is 1. The summed E-state index contributed by atoms with van der Waals surface area (Å²) >= 11 is 0. The van der Waals surface area contributed by atoms with Crippen molar-refractivity contribution in [2.75, 3.05) is 20.1 Å². The minimum atomic E-state index is -1.15. The molecule has 0 saturated heterocycles. The third-order valence-corrected chi connectivity index (χ3v) is 2.84. The van der Waals surface area contributed by atoms with E-state index in [1.165, 1.54) is 11.0 Å². The van der Waals surface area contributed by atoms with Crippen LogP contribution in [0.25, 0.3) is 0 Å². The summed E-state index contributed by atoms with van der Waals surface area (Å²) in [5.41, 5.74) is 6.76. The number of carbonyl (C=O) groups excluding carboxylic acids is 1. The van der Waals surface area contributed by atoms with Crippen molar-refractivity contribution in [2.24, 2.45) is 5.73 Å². The molecule has 0 aliphatic carbocycles. The zero-order valence-electron chi connectivity index (χ0n) is 10.7. The number of nitrogens with two attached hydrogens (primary N) is 1. The quantitative estimate of drug-likeness (QED) is 0.802. The van der Waals surface area contributed by atoms with Gasteiger partial charge in [0.25, 0.3) is 5.91 Å². The Bertz CT molecular complexity index is 423. The summed E-state index contributed by atoms with van der Waals surface area (Å²) in [6.07, 6.45) is -0.536. The smallest absolute Gasteiger partial charge is 0.252 e. The molecule has 1 aromatic rings. The highest BCUT2D eigenvalue weighted by Crippen LogP contribution is 2.10. The van der Waals surface area contributed by atoms with E-state index in [2.05, 4.69) is 0 Å². The molecule has 0 aliphatic rings. The Morgan fingerprint density at radius 2 is 2.22 bits per heavy atom. The highest BCUT2D eigenvalue weighted by Gasteiger charge is 2.17. The summed E-state index contributed by atoms with van der Waals surface area (Å²) < 4.78 is 13.1. The summed E-state index contributed by atoms with van der Waals surface area (Å²) in [4.78, 5) is 13.0. The van der Waals surface area contributed by atoms with Gasteiger partial charge in [-0.3, -0.25) is 4.79 Å². The van der Waals surface area contributed by atoms with E-state index in [1.807, 2.05) is 0 Å². The lowest BCUT2D eigenvalue weighted by atomic mass is 10.1. The molecule has 3 N–H and O–H groups in total. The lowest BCUT2D eigenvalue weighted by molar-refractivity contribution is -0.138. The Hall–Kier alpha value is -1.46. The lowest BCUT2D eigenvalue weighted by Crippen LogP contribution is -2.41. The van der Waals surface area contributed by atoms with E-state index in [1.54, 1.807) is 26.1 Å². The molecular formula is C13H19FN2O2. The van der Waals surface area contributed by atoms with Crippen LogP contribution in [-0.2, 0) is 11.2 Å². The van der Waals surface area contributed by atoms with Gasteiger partial charge in [-0.25, -0.2) is 4.39 Å². The van der Waals surface area contributed by atoms with E-state index in [4.69, 9.17) is 5.73 Å². The molecule has 0 aliphatic heterocycles. The normalized spacial score (nSPS) is 12.3. The number of aliphatic hydroxyl groups excluding tert-OH is 1. The predicted molar refractivity (Wildman–Crippen MR) is 67.5 cm³/mol. The van der Waals surface area contributed by atoms with Gasteiger partial charge in [-0.05, 0) is 30.5 Å². The van der Waals surface area contributed by atoms with E-state index < -0.39 is 12.0 Å². The fraction of sp³-hybridized carbons (Fsp3) is 0.462. The lowest BCUT2D eigenvalue weighted by Gasteiger charge is -2.19. The zero-order valence-corrected chi connectivity index (χ0v) is 10.7. The highest BCUT2D eigenvalue weighted by atomic mass is 19.1. The molecule has 1 unspecified atom stereocenters. The van der Waals surface area contributed by atoms with Crippen molar-refractivity contribution in [2.45, 2.75) is 19.4 Å². The Labute approximate surface area is 106 Å². The van der Waals surface area contributed by atoms with Gasteiger partial charge in [0, 0.05) is 20.1 Å². The van der Waals surface area contributed by atoms with Crippen LogP contribution >= 0.6 is 0 Å². The molecule has 18 heavy (non-hydrogen) atoms. The molecule has 1 amide bonds. The van der Waals surface area contributed by atoms with Crippen LogP contribution in [0.3, 0.4) is 0 Å². The van der Waals surface area contributed by atoms with Crippen LogP contribution in [0.1, 0.15) is 11.1 Å². The number of amides is 1. The first-order valence-electron chi connectivity index (χ1n) is 5.84. The second kappa shape index (κ2) is 6.47. The van der Waals surface area contributed by atoms with E-state index in [-0.39, 0.29) is 12.4 Å². The van der Waals surface area contributed by atoms with E-state index in [9.17, 15) is 14.3 Å². The Kier molecular flexibility index (Phi) is 5.25. The maximum atomic E-state index is 13.1. The van der Waals surface area contributed by atoms with Crippen molar-refractivity contribution in [3.63, 3.8) is 0 Å². The van der Waals surface area contributed by atoms with Crippen molar-refractivity contribution < 1.29 is 14.3 Å². The van der Waals surface area contributed by atoms with Gasteiger partial charge >= 0.3 is 0 Å². The van der Waals surface area contributed by atoms with Gasteiger partial charge in [0.2, 0.25) is 0 Å². The highest BCUT2D eigenvalue weighted by molar-refractivity contribution is 5.80. The van der Waals surface area contributed by atoms with Crippen LogP contribution < -0.4 is 5.73 Å². The summed E-state index contributed by atoms with van der Waals surface area (Å²) in [5.74, 6) is -0.627. The number of likely N-dealkylation sites (N-methyl/N-ethyl adjacent to an activating group) is 1. The standard InChI is InChI=1S/C13H19FN2O2/c1-9-7-10(3-4-11(9)14)5-6-16(2)13(18)12(17)8-15/h3-4,7,12,17H,5-6,8,15H2,1-2H3. The van der Waals surface area contributed by atoms with Gasteiger partial charge in [-0.2, -0.15) is 0 Å². The van der Waals surface area contributed by atoms with Crippen LogP contribution in [0.5, 0.6) is 0 Å². The topological polar surface area (TPSA) is 66.6 Å².